The highest BCUT2D eigenvalue weighted by Crippen LogP contribution is 2.29. The Labute approximate surface area is 118 Å². The van der Waals surface area contributed by atoms with Crippen molar-refractivity contribution in [3.8, 4) is 0 Å². The van der Waals surface area contributed by atoms with Gasteiger partial charge in [0.15, 0.2) is 0 Å². The highest BCUT2D eigenvalue weighted by Gasteiger charge is 2.30. The first kappa shape index (κ1) is 14.5. The van der Waals surface area contributed by atoms with Crippen LogP contribution in [0.3, 0.4) is 0 Å². The predicted octanol–water partition coefficient (Wildman–Crippen LogP) is 1.90. The standard InChI is InChI=1S/C15H20N2O3/c1-10-5-6-16-8-13(10)9-17-14(18)11-3-2-4-12(7-11)15(19)20/h5-6,8,11-12H,2-4,7,9H2,1H3,(H,17,18)(H,19,20). The first-order valence-electron chi connectivity index (χ1n) is 6.98. The first-order chi connectivity index (χ1) is 9.58. The molecule has 1 amide bonds. The minimum atomic E-state index is -0.786. The summed E-state index contributed by atoms with van der Waals surface area (Å²) in [6.07, 6.45) is 6.19. The molecular weight excluding hydrogens is 256 g/mol. The van der Waals surface area contributed by atoms with Crippen molar-refractivity contribution in [1.29, 1.82) is 0 Å². The van der Waals surface area contributed by atoms with Crippen LogP contribution in [-0.4, -0.2) is 22.0 Å². The fraction of sp³-hybridized carbons (Fsp3) is 0.533. The molecule has 2 rings (SSSR count). The number of amides is 1. The van der Waals surface area contributed by atoms with Crippen molar-refractivity contribution in [3.05, 3.63) is 29.6 Å². The summed E-state index contributed by atoms with van der Waals surface area (Å²) < 4.78 is 0. The van der Waals surface area contributed by atoms with Gasteiger partial charge in [0.2, 0.25) is 5.91 Å². The van der Waals surface area contributed by atoms with E-state index in [0.29, 0.717) is 19.4 Å². The Morgan fingerprint density at radius 3 is 2.85 bits per heavy atom. The van der Waals surface area contributed by atoms with E-state index in [9.17, 15) is 9.59 Å². The third-order valence-corrected chi connectivity index (χ3v) is 3.99. The van der Waals surface area contributed by atoms with Crippen molar-refractivity contribution in [2.45, 2.75) is 39.2 Å². The maximum absolute atomic E-state index is 12.1. The number of aryl methyl sites for hydroxylation is 1. The van der Waals surface area contributed by atoms with Gasteiger partial charge in [0.1, 0.15) is 0 Å². The van der Waals surface area contributed by atoms with Gasteiger partial charge < -0.3 is 10.4 Å². The number of aliphatic carboxylic acids is 1. The molecule has 1 aliphatic carbocycles. The Morgan fingerprint density at radius 1 is 1.40 bits per heavy atom. The zero-order chi connectivity index (χ0) is 14.5. The summed E-state index contributed by atoms with van der Waals surface area (Å²) in [5.41, 5.74) is 2.08. The molecule has 5 heteroatoms. The zero-order valence-corrected chi connectivity index (χ0v) is 11.6. The first-order valence-corrected chi connectivity index (χ1v) is 6.98. The number of hydrogen-bond donors (Lipinski definition) is 2. The number of carboxylic acid groups (broad SMARTS) is 1. The van der Waals surface area contributed by atoms with E-state index in [-0.39, 0.29) is 17.7 Å². The highest BCUT2D eigenvalue weighted by atomic mass is 16.4. The average Bonchev–Trinajstić information content (AvgIpc) is 2.46. The Balaban J connectivity index is 1.89. The number of carbonyl (C=O) groups excluding carboxylic acids is 1. The van der Waals surface area contributed by atoms with Gasteiger partial charge in [-0.3, -0.25) is 14.6 Å². The third kappa shape index (κ3) is 3.56. The van der Waals surface area contributed by atoms with Crippen LogP contribution in [0.25, 0.3) is 0 Å². The lowest BCUT2D eigenvalue weighted by atomic mass is 9.81. The zero-order valence-electron chi connectivity index (χ0n) is 11.6. The molecule has 5 nitrogen and oxygen atoms in total. The fourth-order valence-electron chi connectivity index (χ4n) is 2.66. The van der Waals surface area contributed by atoms with Gasteiger partial charge in [0, 0.05) is 24.9 Å². The molecule has 0 radical (unpaired) electrons. The van der Waals surface area contributed by atoms with Crippen molar-refractivity contribution >= 4 is 11.9 Å². The molecule has 1 aliphatic rings. The molecule has 108 valence electrons. The summed E-state index contributed by atoms with van der Waals surface area (Å²) in [4.78, 5) is 27.2. The number of pyridine rings is 1. The van der Waals surface area contributed by atoms with E-state index in [2.05, 4.69) is 10.3 Å². The van der Waals surface area contributed by atoms with Crippen LogP contribution in [0.1, 0.15) is 36.8 Å². The summed E-state index contributed by atoms with van der Waals surface area (Å²) in [7, 11) is 0. The quantitative estimate of drug-likeness (QED) is 0.880. The van der Waals surface area contributed by atoms with E-state index < -0.39 is 5.97 Å². The monoisotopic (exact) mass is 276 g/mol. The number of rotatable bonds is 4. The molecule has 1 aromatic heterocycles. The summed E-state index contributed by atoms with van der Waals surface area (Å²) in [5, 5.41) is 11.9. The predicted molar refractivity (Wildman–Crippen MR) is 73.9 cm³/mol. The molecule has 2 unspecified atom stereocenters. The molecule has 2 atom stereocenters. The molecule has 1 heterocycles. The lowest BCUT2D eigenvalue weighted by Crippen LogP contribution is -2.35. The number of carbonyl (C=O) groups is 2. The topological polar surface area (TPSA) is 79.3 Å². The highest BCUT2D eigenvalue weighted by molar-refractivity contribution is 5.80. The van der Waals surface area contributed by atoms with Gasteiger partial charge in [-0.15, -0.1) is 0 Å². The van der Waals surface area contributed by atoms with Gasteiger partial charge in [-0.05, 0) is 43.4 Å². The normalized spacial score (nSPS) is 22.2. The largest absolute Gasteiger partial charge is 0.481 e. The third-order valence-electron chi connectivity index (χ3n) is 3.99. The minimum absolute atomic E-state index is 0.0424. The maximum atomic E-state index is 12.1. The van der Waals surface area contributed by atoms with Crippen LogP contribution in [0.4, 0.5) is 0 Å². The molecule has 0 aliphatic heterocycles. The van der Waals surface area contributed by atoms with Gasteiger partial charge in [-0.2, -0.15) is 0 Å². The van der Waals surface area contributed by atoms with E-state index in [1.807, 2.05) is 13.0 Å². The molecule has 1 saturated carbocycles. The summed E-state index contributed by atoms with van der Waals surface area (Å²) >= 11 is 0. The molecule has 1 fully saturated rings. The Morgan fingerprint density at radius 2 is 2.15 bits per heavy atom. The molecular formula is C15H20N2O3. The van der Waals surface area contributed by atoms with Crippen LogP contribution >= 0.6 is 0 Å². The van der Waals surface area contributed by atoms with Gasteiger partial charge >= 0.3 is 5.97 Å². The van der Waals surface area contributed by atoms with Gasteiger partial charge in [0.05, 0.1) is 5.92 Å². The van der Waals surface area contributed by atoms with Crippen LogP contribution in [0.2, 0.25) is 0 Å². The lowest BCUT2D eigenvalue weighted by Gasteiger charge is -2.25. The second-order valence-electron chi connectivity index (χ2n) is 5.42. The Kier molecular flexibility index (Phi) is 4.71. The Hall–Kier alpha value is -1.91. The molecule has 0 bridgehead atoms. The van der Waals surface area contributed by atoms with Gasteiger partial charge in [-0.25, -0.2) is 0 Å². The summed E-state index contributed by atoms with van der Waals surface area (Å²) in [6.45, 7) is 2.43. The molecule has 0 saturated heterocycles. The number of nitrogens with one attached hydrogen (secondary N) is 1. The van der Waals surface area contributed by atoms with Crippen molar-refractivity contribution in [1.82, 2.24) is 10.3 Å². The molecule has 20 heavy (non-hydrogen) atoms. The van der Waals surface area contributed by atoms with Crippen molar-refractivity contribution in [2.24, 2.45) is 11.8 Å². The Bertz CT molecular complexity index is 502. The molecule has 0 aromatic carbocycles. The van der Waals surface area contributed by atoms with Crippen LogP contribution in [-0.2, 0) is 16.1 Å². The van der Waals surface area contributed by atoms with Crippen molar-refractivity contribution in [3.63, 3.8) is 0 Å². The van der Waals surface area contributed by atoms with E-state index in [4.69, 9.17) is 5.11 Å². The van der Waals surface area contributed by atoms with Crippen molar-refractivity contribution < 1.29 is 14.7 Å². The molecule has 1 aromatic rings. The van der Waals surface area contributed by atoms with Gasteiger partial charge in [-0.1, -0.05) is 6.42 Å². The van der Waals surface area contributed by atoms with E-state index in [1.54, 1.807) is 12.4 Å². The number of nitrogens with zero attached hydrogens (tertiary/aromatic N) is 1. The van der Waals surface area contributed by atoms with E-state index in [0.717, 1.165) is 24.0 Å². The smallest absolute Gasteiger partial charge is 0.306 e. The van der Waals surface area contributed by atoms with Crippen LogP contribution in [0.15, 0.2) is 18.5 Å². The second kappa shape index (κ2) is 6.50. The number of hydrogen-bond acceptors (Lipinski definition) is 3. The molecule has 0 spiro atoms. The maximum Gasteiger partial charge on any atom is 0.306 e. The van der Waals surface area contributed by atoms with Crippen LogP contribution < -0.4 is 5.32 Å². The van der Waals surface area contributed by atoms with Gasteiger partial charge in [0.25, 0.3) is 0 Å². The van der Waals surface area contributed by atoms with E-state index >= 15 is 0 Å². The van der Waals surface area contributed by atoms with Crippen molar-refractivity contribution in [2.75, 3.05) is 0 Å². The molecule has 2 N–H and O–H groups in total. The fourth-order valence-corrected chi connectivity index (χ4v) is 2.66. The number of aromatic nitrogens is 1. The SMILES string of the molecule is Cc1ccncc1CNC(=O)C1CCCC(C(=O)O)C1. The summed E-state index contributed by atoms with van der Waals surface area (Å²) in [5.74, 6) is -1.38. The lowest BCUT2D eigenvalue weighted by molar-refractivity contribution is -0.144. The number of carboxylic acids is 1. The summed E-state index contributed by atoms with van der Waals surface area (Å²) in [6, 6.07) is 1.91. The van der Waals surface area contributed by atoms with Crippen LogP contribution in [0, 0.1) is 18.8 Å². The average molecular weight is 276 g/mol. The second-order valence-corrected chi connectivity index (χ2v) is 5.42. The van der Waals surface area contributed by atoms with Crippen LogP contribution in [0.5, 0.6) is 0 Å². The van der Waals surface area contributed by atoms with E-state index in [1.165, 1.54) is 0 Å². The minimum Gasteiger partial charge on any atom is -0.481 e.